The smallest absolute Gasteiger partial charge is 0.243 e. The maximum absolute atomic E-state index is 13.6. The van der Waals surface area contributed by atoms with Gasteiger partial charge in [-0.3, -0.25) is 4.79 Å². The molecule has 0 heterocycles. The number of carbonyl (C=O) groups excluding carboxylic acids is 1. The fourth-order valence-corrected chi connectivity index (χ4v) is 3.73. The summed E-state index contributed by atoms with van der Waals surface area (Å²) in [5.41, 5.74) is 0.500. The minimum absolute atomic E-state index is 0.0159. The molecule has 0 atom stereocenters. The summed E-state index contributed by atoms with van der Waals surface area (Å²) >= 11 is 0. The van der Waals surface area contributed by atoms with Crippen LogP contribution in [0.4, 0.5) is 10.1 Å². The molecule has 1 amide bonds. The number of para-hydroxylation sites is 1. The molecule has 2 rings (SSSR count). The predicted molar refractivity (Wildman–Crippen MR) is 102 cm³/mol. The Kier molecular flexibility index (Phi) is 7.09. The van der Waals surface area contributed by atoms with Gasteiger partial charge in [0.05, 0.1) is 4.90 Å². The summed E-state index contributed by atoms with van der Waals surface area (Å²) in [6.45, 7) is 5.04. The molecule has 0 aliphatic heterocycles. The van der Waals surface area contributed by atoms with Gasteiger partial charge in [-0.25, -0.2) is 12.8 Å². The number of hydrogen-bond acceptors (Lipinski definition) is 4. The minimum atomic E-state index is -3.80. The van der Waals surface area contributed by atoms with E-state index >= 15 is 0 Å². The highest BCUT2D eigenvalue weighted by Crippen LogP contribution is 2.19. The largest absolute Gasteiger partial charge is 0.489 e. The number of carbonyl (C=O) groups is 1. The maximum atomic E-state index is 13.6. The van der Waals surface area contributed by atoms with Crippen molar-refractivity contribution < 1.29 is 22.3 Å². The van der Waals surface area contributed by atoms with Crippen LogP contribution in [0.2, 0.25) is 0 Å². The number of benzene rings is 2. The molecule has 144 valence electrons. The summed E-state index contributed by atoms with van der Waals surface area (Å²) in [6.07, 6.45) is 1.46. The molecule has 2 aromatic rings. The summed E-state index contributed by atoms with van der Waals surface area (Å²) in [7, 11) is -3.80. The number of rotatable bonds is 9. The molecular weight excluding hydrogens is 371 g/mol. The lowest BCUT2D eigenvalue weighted by molar-refractivity contribution is -0.114. The Bertz CT molecular complexity index is 898. The third kappa shape index (κ3) is 5.63. The maximum Gasteiger partial charge on any atom is 0.243 e. The Morgan fingerprint density at radius 2 is 1.89 bits per heavy atom. The van der Waals surface area contributed by atoms with E-state index in [0.29, 0.717) is 5.69 Å². The van der Waals surface area contributed by atoms with E-state index in [1.54, 1.807) is 12.1 Å². The number of halogens is 1. The van der Waals surface area contributed by atoms with Gasteiger partial charge in [0.25, 0.3) is 0 Å². The molecule has 0 saturated heterocycles. The first-order chi connectivity index (χ1) is 12.8. The third-order valence-electron chi connectivity index (χ3n) is 3.58. The van der Waals surface area contributed by atoms with E-state index in [2.05, 4.69) is 11.9 Å². The van der Waals surface area contributed by atoms with E-state index in [1.807, 2.05) is 0 Å². The molecule has 2 aromatic carbocycles. The monoisotopic (exact) mass is 392 g/mol. The van der Waals surface area contributed by atoms with Crippen LogP contribution >= 0.6 is 0 Å². The van der Waals surface area contributed by atoms with Gasteiger partial charge in [-0.1, -0.05) is 18.2 Å². The van der Waals surface area contributed by atoms with Crippen LogP contribution in [-0.4, -0.2) is 38.3 Å². The lowest BCUT2D eigenvalue weighted by Crippen LogP contribution is -2.34. The highest BCUT2D eigenvalue weighted by Gasteiger charge is 2.23. The first-order valence-electron chi connectivity index (χ1n) is 8.20. The van der Waals surface area contributed by atoms with Gasteiger partial charge < -0.3 is 10.1 Å². The summed E-state index contributed by atoms with van der Waals surface area (Å²) in [4.78, 5) is 11.1. The molecule has 0 unspecified atom stereocenters. The molecule has 0 bridgehead atoms. The molecule has 27 heavy (non-hydrogen) atoms. The van der Waals surface area contributed by atoms with E-state index in [4.69, 9.17) is 4.74 Å². The third-order valence-corrected chi connectivity index (χ3v) is 5.46. The van der Waals surface area contributed by atoms with Crippen LogP contribution < -0.4 is 10.1 Å². The molecule has 0 aromatic heterocycles. The van der Waals surface area contributed by atoms with Crippen molar-refractivity contribution >= 4 is 21.6 Å². The molecule has 0 saturated carbocycles. The molecule has 0 spiro atoms. The van der Waals surface area contributed by atoms with Crippen molar-refractivity contribution in [3.8, 4) is 5.75 Å². The molecule has 0 aliphatic carbocycles. The Balaban J connectivity index is 2.10. The van der Waals surface area contributed by atoms with E-state index in [9.17, 15) is 17.6 Å². The summed E-state index contributed by atoms with van der Waals surface area (Å²) in [6, 6.07) is 11.8. The number of ether oxygens (including phenoxy) is 1. The number of sulfonamides is 1. The zero-order valence-corrected chi connectivity index (χ0v) is 15.7. The molecule has 0 aliphatic rings. The van der Waals surface area contributed by atoms with Gasteiger partial charge in [-0.2, -0.15) is 4.31 Å². The molecule has 8 heteroatoms. The molecule has 6 nitrogen and oxygen atoms in total. The molecule has 0 radical (unpaired) electrons. The molecular formula is C19H21FN2O4S. The lowest BCUT2D eigenvalue weighted by atomic mass is 10.3. The van der Waals surface area contributed by atoms with E-state index in [0.717, 1.165) is 0 Å². The summed E-state index contributed by atoms with van der Waals surface area (Å²) in [5.74, 6) is -0.693. The summed E-state index contributed by atoms with van der Waals surface area (Å²) in [5, 5.41) is 2.58. The second-order valence-electron chi connectivity index (χ2n) is 5.64. The van der Waals surface area contributed by atoms with Crippen molar-refractivity contribution in [2.45, 2.75) is 11.8 Å². The van der Waals surface area contributed by atoms with Gasteiger partial charge in [0.2, 0.25) is 15.9 Å². The van der Waals surface area contributed by atoms with Crippen molar-refractivity contribution in [2.75, 3.05) is 25.0 Å². The van der Waals surface area contributed by atoms with E-state index in [-0.39, 0.29) is 36.2 Å². The van der Waals surface area contributed by atoms with Gasteiger partial charge in [0.15, 0.2) is 11.6 Å². The fourth-order valence-electron chi connectivity index (χ4n) is 2.34. The average molecular weight is 392 g/mol. The van der Waals surface area contributed by atoms with Crippen molar-refractivity contribution in [3.63, 3.8) is 0 Å². The second kappa shape index (κ2) is 9.29. The van der Waals surface area contributed by atoms with Gasteiger partial charge in [-0.05, 0) is 36.4 Å². The molecule has 1 N–H and O–H groups in total. The SMILES string of the molecule is C=CCN(CCOc1ccccc1F)S(=O)(=O)c1ccc(NC(C)=O)cc1. The quantitative estimate of drug-likeness (QED) is 0.666. The van der Waals surface area contributed by atoms with Crippen molar-refractivity contribution in [2.24, 2.45) is 0 Å². The summed E-state index contributed by atoms with van der Waals surface area (Å²) < 4.78 is 45.8. The van der Waals surface area contributed by atoms with Crippen molar-refractivity contribution in [3.05, 3.63) is 67.0 Å². The van der Waals surface area contributed by atoms with Crippen molar-refractivity contribution in [1.82, 2.24) is 4.31 Å². The van der Waals surface area contributed by atoms with Crippen LogP contribution in [0.25, 0.3) is 0 Å². The molecule has 0 fully saturated rings. The fraction of sp³-hybridized carbons (Fsp3) is 0.211. The minimum Gasteiger partial charge on any atom is -0.489 e. The van der Waals surface area contributed by atoms with Crippen LogP contribution in [0, 0.1) is 5.82 Å². The normalized spacial score (nSPS) is 11.2. The number of hydrogen-bond donors (Lipinski definition) is 1. The van der Waals surface area contributed by atoms with Crippen LogP contribution in [0.5, 0.6) is 5.75 Å². The van der Waals surface area contributed by atoms with Gasteiger partial charge >= 0.3 is 0 Å². The van der Waals surface area contributed by atoms with Gasteiger partial charge in [0.1, 0.15) is 6.61 Å². The zero-order valence-electron chi connectivity index (χ0n) is 14.9. The topological polar surface area (TPSA) is 75.7 Å². The van der Waals surface area contributed by atoms with Gasteiger partial charge in [0, 0.05) is 25.7 Å². The number of nitrogens with one attached hydrogen (secondary N) is 1. The van der Waals surface area contributed by atoms with E-state index < -0.39 is 15.8 Å². The second-order valence-corrected chi connectivity index (χ2v) is 7.57. The Labute approximate surface area is 158 Å². The van der Waals surface area contributed by atoms with Crippen LogP contribution in [0.3, 0.4) is 0 Å². The standard InChI is InChI=1S/C19H21FN2O4S/c1-3-12-22(13-14-26-19-7-5-4-6-18(19)20)27(24,25)17-10-8-16(9-11-17)21-15(2)23/h3-11H,1,12-14H2,2H3,(H,21,23). The Hall–Kier alpha value is -2.71. The van der Waals surface area contributed by atoms with Crippen molar-refractivity contribution in [1.29, 1.82) is 0 Å². The van der Waals surface area contributed by atoms with Crippen LogP contribution in [-0.2, 0) is 14.8 Å². The Morgan fingerprint density at radius 1 is 1.22 bits per heavy atom. The predicted octanol–water partition coefficient (Wildman–Crippen LogP) is 3.04. The lowest BCUT2D eigenvalue weighted by Gasteiger charge is -2.21. The zero-order chi connectivity index (χ0) is 19.9. The highest BCUT2D eigenvalue weighted by molar-refractivity contribution is 7.89. The number of amides is 1. The Morgan fingerprint density at radius 3 is 2.48 bits per heavy atom. The average Bonchev–Trinajstić information content (AvgIpc) is 2.62. The highest BCUT2D eigenvalue weighted by atomic mass is 32.2. The first-order valence-corrected chi connectivity index (χ1v) is 9.64. The number of anilines is 1. The first kappa shape index (κ1) is 20.6. The van der Waals surface area contributed by atoms with Gasteiger partial charge in [-0.15, -0.1) is 6.58 Å². The van der Waals surface area contributed by atoms with Crippen LogP contribution in [0.15, 0.2) is 66.1 Å². The van der Waals surface area contributed by atoms with E-state index in [1.165, 1.54) is 53.7 Å². The van der Waals surface area contributed by atoms with Crippen LogP contribution in [0.1, 0.15) is 6.92 Å². The number of nitrogens with zero attached hydrogens (tertiary/aromatic N) is 1.